The van der Waals surface area contributed by atoms with Crippen molar-refractivity contribution in [2.75, 3.05) is 0 Å². The molecule has 0 aliphatic carbocycles. The molecule has 0 spiro atoms. The van der Waals surface area contributed by atoms with E-state index in [1.807, 2.05) is 0 Å². The molecule has 3 rings (SSSR count). The molecule has 0 aliphatic rings. The highest BCUT2D eigenvalue weighted by Gasteiger charge is 2.31. The van der Waals surface area contributed by atoms with Crippen LogP contribution in [0.5, 0.6) is 17.4 Å². The van der Waals surface area contributed by atoms with Gasteiger partial charge in [0.25, 0.3) is 0 Å². The molecule has 0 radical (unpaired) electrons. The summed E-state index contributed by atoms with van der Waals surface area (Å²) in [6, 6.07) is 9.21. The van der Waals surface area contributed by atoms with Crippen molar-refractivity contribution in [3.05, 3.63) is 65.4 Å². The zero-order chi connectivity index (χ0) is 22.1. The van der Waals surface area contributed by atoms with Gasteiger partial charge in [-0.3, -0.25) is 0 Å². The second-order valence-corrected chi connectivity index (χ2v) is 6.26. The number of benzene rings is 2. The van der Waals surface area contributed by atoms with Crippen molar-refractivity contribution in [3.63, 3.8) is 0 Å². The fourth-order valence-corrected chi connectivity index (χ4v) is 2.48. The number of aromatic nitrogens is 2. The smallest absolute Gasteiger partial charge is 0.439 e. The molecule has 0 atom stereocenters. The summed E-state index contributed by atoms with van der Waals surface area (Å²) >= 11 is 0. The first-order chi connectivity index (χ1) is 13.9. The number of hydrogen-bond acceptors (Lipinski definition) is 4. The molecular weight excluding hydrogens is 414 g/mol. The highest BCUT2D eigenvalue weighted by molar-refractivity contribution is 5.58. The van der Waals surface area contributed by atoms with Crippen LogP contribution in [0, 0.1) is 13.8 Å². The van der Waals surface area contributed by atoms with Gasteiger partial charge in [-0.2, -0.15) is 18.2 Å². The van der Waals surface area contributed by atoms with Gasteiger partial charge in [0.2, 0.25) is 5.88 Å². The molecule has 3 aromatic rings. The summed E-state index contributed by atoms with van der Waals surface area (Å²) in [6.07, 6.45) is -9.34. The molecule has 1 aromatic heterocycles. The predicted octanol–water partition coefficient (Wildman–Crippen LogP) is 6.47. The first-order valence-corrected chi connectivity index (χ1v) is 8.49. The number of aryl methyl sites for hydroxylation is 1. The summed E-state index contributed by atoms with van der Waals surface area (Å²) < 4.78 is 85.0. The Morgan fingerprint density at radius 2 is 1.47 bits per heavy atom. The van der Waals surface area contributed by atoms with Gasteiger partial charge < -0.3 is 9.47 Å². The lowest BCUT2D eigenvalue weighted by Gasteiger charge is -2.13. The van der Waals surface area contributed by atoms with Crippen LogP contribution in [0.25, 0.3) is 11.4 Å². The molecule has 10 heteroatoms. The lowest BCUT2D eigenvalue weighted by molar-refractivity contribution is -0.274. The average Bonchev–Trinajstić information content (AvgIpc) is 2.64. The molecule has 30 heavy (non-hydrogen) atoms. The lowest BCUT2D eigenvalue weighted by Crippen LogP contribution is -2.16. The van der Waals surface area contributed by atoms with Crippen LogP contribution in [-0.4, -0.2) is 16.3 Å². The molecule has 0 saturated heterocycles. The number of rotatable bonds is 4. The Balaban J connectivity index is 1.91. The molecule has 0 N–H and O–H groups in total. The van der Waals surface area contributed by atoms with E-state index in [9.17, 15) is 26.3 Å². The fourth-order valence-electron chi connectivity index (χ4n) is 2.48. The fraction of sp³-hybridized carbons (Fsp3) is 0.200. The molecule has 0 unspecified atom stereocenters. The van der Waals surface area contributed by atoms with E-state index in [0.29, 0.717) is 16.8 Å². The summed E-state index contributed by atoms with van der Waals surface area (Å²) in [6.45, 7) is 3.29. The summed E-state index contributed by atoms with van der Waals surface area (Å²) in [5.74, 6) is -0.299. The van der Waals surface area contributed by atoms with Crippen molar-refractivity contribution >= 4 is 0 Å². The van der Waals surface area contributed by atoms with Gasteiger partial charge in [0.1, 0.15) is 11.5 Å². The van der Waals surface area contributed by atoms with E-state index in [2.05, 4.69) is 14.7 Å². The van der Waals surface area contributed by atoms with Gasteiger partial charge in [-0.25, -0.2) is 4.98 Å². The highest BCUT2D eigenvalue weighted by Crippen LogP contribution is 2.34. The lowest BCUT2D eigenvalue weighted by atomic mass is 10.2. The Morgan fingerprint density at radius 1 is 0.800 bits per heavy atom. The average molecular weight is 428 g/mol. The molecule has 0 saturated carbocycles. The highest BCUT2D eigenvalue weighted by atomic mass is 19.4. The maximum atomic E-state index is 12.9. The van der Waals surface area contributed by atoms with E-state index < -0.39 is 23.9 Å². The number of ether oxygens (including phenoxy) is 2. The Morgan fingerprint density at radius 3 is 2.07 bits per heavy atom. The largest absolute Gasteiger partial charge is 0.573 e. The third-order valence-electron chi connectivity index (χ3n) is 4.07. The normalized spacial score (nSPS) is 12.0. The maximum absolute atomic E-state index is 12.9. The van der Waals surface area contributed by atoms with Gasteiger partial charge in [0, 0.05) is 16.8 Å². The molecule has 0 aliphatic heterocycles. The number of halogens is 6. The Bertz CT molecular complexity index is 1050. The SMILES string of the molecule is Cc1nc(-c2ccc(OC(F)(F)F)cc2)nc(Oc2cccc(C(F)(F)F)c2)c1C. The first kappa shape index (κ1) is 21.4. The van der Waals surface area contributed by atoms with E-state index >= 15 is 0 Å². The second kappa shape index (κ2) is 7.85. The van der Waals surface area contributed by atoms with Crippen LogP contribution in [0.3, 0.4) is 0 Å². The molecule has 0 fully saturated rings. The monoisotopic (exact) mass is 428 g/mol. The molecule has 1 heterocycles. The van der Waals surface area contributed by atoms with Gasteiger partial charge in [0.05, 0.1) is 5.56 Å². The van der Waals surface area contributed by atoms with Crippen LogP contribution < -0.4 is 9.47 Å². The zero-order valence-electron chi connectivity index (χ0n) is 15.6. The number of hydrogen-bond donors (Lipinski definition) is 0. The van der Waals surface area contributed by atoms with Crippen LogP contribution in [0.4, 0.5) is 26.3 Å². The van der Waals surface area contributed by atoms with Crippen molar-refractivity contribution in [3.8, 4) is 28.8 Å². The molecular formula is C20H14F6N2O2. The van der Waals surface area contributed by atoms with E-state index in [0.717, 1.165) is 24.3 Å². The molecule has 4 nitrogen and oxygen atoms in total. The maximum Gasteiger partial charge on any atom is 0.573 e. The minimum absolute atomic E-state index is 0.0347. The minimum atomic E-state index is -4.82. The molecule has 158 valence electrons. The molecule has 0 bridgehead atoms. The third-order valence-corrected chi connectivity index (χ3v) is 4.07. The van der Waals surface area contributed by atoms with Crippen LogP contribution in [0.1, 0.15) is 16.8 Å². The number of nitrogens with zero attached hydrogens (tertiary/aromatic N) is 2. The summed E-state index contributed by atoms with van der Waals surface area (Å²) in [5.41, 5.74) is 0.510. The van der Waals surface area contributed by atoms with Gasteiger partial charge >= 0.3 is 12.5 Å². The van der Waals surface area contributed by atoms with Crippen LogP contribution in [0.15, 0.2) is 48.5 Å². The van der Waals surface area contributed by atoms with Crippen molar-refractivity contribution in [2.24, 2.45) is 0 Å². The van der Waals surface area contributed by atoms with Crippen LogP contribution in [-0.2, 0) is 6.18 Å². The van der Waals surface area contributed by atoms with Gasteiger partial charge in [-0.15, -0.1) is 13.2 Å². The Kier molecular flexibility index (Phi) is 5.60. The van der Waals surface area contributed by atoms with Gasteiger partial charge in [-0.05, 0) is 56.3 Å². The van der Waals surface area contributed by atoms with E-state index in [-0.39, 0.29) is 17.5 Å². The van der Waals surface area contributed by atoms with E-state index in [1.54, 1.807) is 13.8 Å². The van der Waals surface area contributed by atoms with Gasteiger partial charge in [-0.1, -0.05) is 6.07 Å². The summed E-state index contributed by atoms with van der Waals surface area (Å²) in [7, 11) is 0. The van der Waals surface area contributed by atoms with Gasteiger partial charge in [0.15, 0.2) is 5.82 Å². The predicted molar refractivity (Wildman–Crippen MR) is 95.1 cm³/mol. The topological polar surface area (TPSA) is 44.2 Å². The van der Waals surface area contributed by atoms with E-state index in [4.69, 9.17) is 4.74 Å². The molecule has 0 amide bonds. The second-order valence-electron chi connectivity index (χ2n) is 6.26. The zero-order valence-corrected chi connectivity index (χ0v) is 15.6. The van der Waals surface area contributed by atoms with Crippen LogP contribution in [0.2, 0.25) is 0 Å². The first-order valence-electron chi connectivity index (χ1n) is 8.49. The van der Waals surface area contributed by atoms with Crippen molar-refractivity contribution in [1.29, 1.82) is 0 Å². The van der Waals surface area contributed by atoms with Crippen molar-refractivity contribution in [1.82, 2.24) is 9.97 Å². The Labute approximate surface area is 167 Å². The summed E-state index contributed by atoms with van der Waals surface area (Å²) in [4.78, 5) is 8.49. The van der Waals surface area contributed by atoms with Crippen molar-refractivity contribution < 1.29 is 35.8 Å². The quantitative estimate of drug-likeness (QED) is 0.447. The van der Waals surface area contributed by atoms with Crippen LogP contribution >= 0.6 is 0 Å². The van der Waals surface area contributed by atoms with E-state index in [1.165, 1.54) is 24.3 Å². The Hall–Kier alpha value is -3.30. The van der Waals surface area contributed by atoms with Crippen molar-refractivity contribution in [2.45, 2.75) is 26.4 Å². The standard InChI is InChI=1S/C20H14F6N2O2/c1-11-12(2)27-17(13-6-8-15(9-7-13)30-20(24,25)26)28-18(11)29-16-5-3-4-14(10-16)19(21,22)23/h3-10H,1-2H3. The summed E-state index contributed by atoms with van der Waals surface area (Å²) in [5, 5.41) is 0. The molecule has 2 aromatic carbocycles. The minimum Gasteiger partial charge on any atom is -0.439 e. The third kappa shape index (κ3) is 5.19. The number of alkyl halides is 6.